The number of hydrogen-bond donors (Lipinski definition) is 8. The van der Waals surface area contributed by atoms with E-state index in [1.807, 2.05) is 0 Å². The fourth-order valence-corrected chi connectivity index (χ4v) is 2.19. The summed E-state index contributed by atoms with van der Waals surface area (Å²) in [4.78, 5) is 51.7. The Hall–Kier alpha value is -2.93. The monoisotopic (exact) mass is 431 g/mol. The maximum Gasteiger partial charge on any atom is 0.325 e. The van der Waals surface area contributed by atoms with E-state index in [0.717, 1.165) is 0 Å². The van der Waals surface area contributed by atoms with Gasteiger partial charge in [0, 0.05) is 6.54 Å². The molecular formula is C17H33N7O6. The van der Waals surface area contributed by atoms with Gasteiger partial charge in [0.2, 0.25) is 17.7 Å². The molecule has 13 heteroatoms. The summed E-state index contributed by atoms with van der Waals surface area (Å²) >= 11 is 0. The molecule has 0 aliphatic carbocycles. The van der Waals surface area contributed by atoms with E-state index in [4.69, 9.17) is 22.3 Å². The highest BCUT2D eigenvalue weighted by Gasteiger charge is 2.29. The van der Waals surface area contributed by atoms with Crippen LogP contribution in [0.2, 0.25) is 0 Å². The van der Waals surface area contributed by atoms with Crippen molar-refractivity contribution >= 4 is 29.7 Å². The van der Waals surface area contributed by atoms with Crippen LogP contribution < -0.4 is 33.2 Å². The largest absolute Gasteiger partial charge is 0.480 e. The van der Waals surface area contributed by atoms with Gasteiger partial charge in [0.1, 0.15) is 18.1 Å². The molecule has 0 bridgehead atoms. The molecule has 11 N–H and O–H groups in total. The first kappa shape index (κ1) is 27.1. The van der Waals surface area contributed by atoms with Gasteiger partial charge in [0.25, 0.3) is 0 Å². The molecule has 0 aromatic heterocycles. The summed E-state index contributed by atoms with van der Waals surface area (Å²) in [6.45, 7) is 4.16. The number of guanidine groups is 1. The minimum absolute atomic E-state index is 0.0816. The lowest BCUT2D eigenvalue weighted by molar-refractivity contribution is -0.142. The third kappa shape index (κ3) is 10.0. The van der Waals surface area contributed by atoms with Crippen LogP contribution in [0.15, 0.2) is 4.99 Å². The van der Waals surface area contributed by atoms with Gasteiger partial charge in [-0.15, -0.1) is 0 Å². The molecule has 0 spiro atoms. The summed E-state index contributed by atoms with van der Waals surface area (Å²) < 4.78 is 0. The van der Waals surface area contributed by atoms with E-state index in [-0.39, 0.29) is 24.8 Å². The molecule has 0 fully saturated rings. The number of nitrogens with two attached hydrogens (primary N) is 3. The number of carbonyl (C=O) groups is 4. The van der Waals surface area contributed by atoms with Crippen LogP contribution >= 0.6 is 0 Å². The minimum atomic E-state index is -1.34. The van der Waals surface area contributed by atoms with Crippen molar-refractivity contribution in [3.05, 3.63) is 0 Å². The van der Waals surface area contributed by atoms with Crippen LogP contribution in [0.1, 0.15) is 33.6 Å². The van der Waals surface area contributed by atoms with Crippen LogP contribution in [-0.4, -0.2) is 77.2 Å². The summed E-state index contributed by atoms with van der Waals surface area (Å²) in [5.74, 6) is -3.79. The third-order valence-corrected chi connectivity index (χ3v) is 4.14. The maximum absolute atomic E-state index is 12.5. The number of carboxylic acids is 1. The van der Waals surface area contributed by atoms with E-state index in [9.17, 15) is 24.3 Å². The number of aliphatic imine (C=N–C) groups is 1. The molecule has 0 saturated carbocycles. The fraction of sp³-hybridized carbons (Fsp3) is 0.706. The summed E-state index contributed by atoms with van der Waals surface area (Å²) in [7, 11) is 0. The van der Waals surface area contributed by atoms with E-state index >= 15 is 0 Å². The third-order valence-electron chi connectivity index (χ3n) is 4.14. The average Bonchev–Trinajstić information content (AvgIpc) is 2.66. The Morgan fingerprint density at radius 1 is 0.933 bits per heavy atom. The van der Waals surface area contributed by atoms with E-state index in [2.05, 4.69) is 20.9 Å². The lowest BCUT2D eigenvalue weighted by atomic mass is 10.0. The highest BCUT2D eigenvalue weighted by molar-refractivity contribution is 5.94. The van der Waals surface area contributed by atoms with Crippen LogP contribution in [0, 0.1) is 5.92 Å². The SMILES string of the molecule is CC(NC(=O)C(CCCN=C(N)N)NC(=O)C(CO)NC(=O)C(N)C(C)C)C(=O)O. The predicted octanol–water partition coefficient (Wildman–Crippen LogP) is -3.43. The quantitative estimate of drug-likeness (QED) is 0.0821. The first-order valence-corrected chi connectivity index (χ1v) is 9.46. The van der Waals surface area contributed by atoms with Crippen molar-refractivity contribution in [3.63, 3.8) is 0 Å². The average molecular weight is 431 g/mol. The molecule has 0 heterocycles. The molecule has 3 amide bonds. The molecule has 0 saturated heterocycles. The Kier molecular flexibility index (Phi) is 12.0. The molecule has 172 valence electrons. The standard InChI is InChI=1S/C17H33N7O6/c1-8(2)12(18)15(28)24-11(7-25)14(27)23-10(5-4-6-21-17(19)20)13(26)22-9(3)16(29)30/h8-12,25H,4-7,18H2,1-3H3,(H,22,26)(H,23,27)(H,24,28)(H,29,30)(H4,19,20,21). The van der Waals surface area contributed by atoms with Crippen LogP contribution in [0.4, 0.5) is 0 Å². The van der Waals surface area contributed by atoms with Crippen molar-refractivity contribution in [3.8, 4) is 0 Å². The molecule has 0 radical (unpaired) electrons. The number of aliphatic carboxylic acids is 1. The number of aliphatic hydroxyl groups excluding tert-OH is 1. The van der Waals surface area contributed by atoms with Gasteiger partial charge < -0.3 is 43.4 Å². The zero-order chi connectivity index (χ0) is 23.4. The number of nitrogens with one attached hydrogen (secondary N) is 3. The second-order valence-corrected chi connectivity index (χ2v) is 7.09. The predicted molar refractivity (Wildman–Crippen MR) is 109 cm³/mol. The molecule has 30 heavy (non-hydrogen) atoms. The fourth-order valence-electron chi connectivity index (χ4n) is 2.19. The Morgan fingerprint density at radius 3 is 1.93 bits per heavy atom. The number of rotatable bonds is 13. The van der Waals surface area contributed by atoms with E-state index < -0.39 is 54.5 Å². The summed E-state index contributed by atoms with van der Waals surface area (Å²) in [6, 6.07) is -4.56. The van der Waals surface area contributed by atoms with Gasteiger partial charge in [-0.25, -0.2) is 0 Å². The molecule has 13 nitrogen and oxygen atoms in total. The van der Waals surface area contributed by atoms with Crippen molar-refractivity contribution in [2.75, 3.05) is 13.2 Å². The minimum Gasteiger partial charge on any atom is -0.480 e. The van der Waals surface area contributed by atoms with Crippen LogP contribution in [-0.2, 0) is 19.2 Å². The number of carbonyl (C=O) groups excluding carboxylic acids is 3. The highest BCUT2D eigenvalue weighted by Crippen LogP contribution is 2.02. The summed E-state index contributed by atoms with van der Waals surface area (Å²) in [6.07, 6.45) is 0.379. The summed E-state index contributed by atoms with van der Waals surface area (Å²) in [5, 5.41) is 25.4. The molecule has 0 aromatic rings. The summed E-state index contributed by atoms with van der Waals surface area (Å²) in [5.41, 5.74) is 16.2. The zero-order valence-corrected chi connectivity index (χ0v) is 17.4. The van der Waals surface area contributed by atoms with Gasteiger partial charge in [0.15, 0.2) is 5.96 Å². The Balaban J connectivity index is 5.20. The molecule has 0 aliphatic rings. The molecule has 0 rings (SSSR count). The molecular weight excluding hydrogens is 398 g/mol. The van der Waals surface area contributed by atoms with Gasteiger partial charge in [0.05, 0.1) is 12.6 Å². The number of hydrogen-bond acceptors (Lipinski definition) is 7. The number of nitrogens with zero attached hydrogens (tertiary/aromatic N) is 1. The van der Waals surface area contributed by atoms with Crippen molar-refractivity contribution in [2.24, 2.45) is 28.1 Å². The van der Waals surface area contributed by atoms with Crippen LogP contribution in [0.25, 0.3) is 0 Å². The Morgan fingerprint density at radius 2 is 1.47 bits per heavy atom. The van der Waals surface area contributed by atoms with Crippen molar-refractivity contribution in [1.29, 1.82) is 0 Å². The first-order valence-electron chi connectivity index (χ1n) is 9.46. The molecule has 0 aliphatic heterocycles. The second-order valence-electron chi connectivity index (χ2n) is 7.09. The van der Waals surface area contributed by atoms with Gasteiger partial charge in [-0.3, -0.25) is 24.2 Å². The van der Waals surface area contributed by atoms with E-state index in [1.54, 1.807) is 13.8 Å². The van der Waals surface area contributed by atoms with Crippen LogP contribution in [0.5, 0.6) is 0 Å². The zero-order valence-electron chi connectivity index (χ0n) is 17.4. The highest BCUT2D eigenvalue weighted by atomic mass is 16.4. The lowest BCUT2D eigenvalue weighted by Crippen LogP contribution is -2.58. The van der Waals surface area contributed by atoms with Gasteiger partial charge in [-0.05, 0) is 25.7 Å². The van der Waals surface area contributed by atoms with Gasteiger partial charge >= 0.3 is 5.97 Å². The number of aliphatic hydroxyl groups is 1. The van der Waals surface area contributed by atoms with Crippen molar-refractivity contribution < 1.29 is 29.4 Å². The molecule has 0 aromatic carbocycles. The second kappa shape index (κ2) is 13.3. The lowest BCUT2D eigenvalue weighted by Gasteiger charge is -2.24. The molecule has 4 atom stereocenters. The van der Waals surface area contributed by atoms with Crippen molar-refractivity contribution in [2.45, 2.75) is 57.8 Å². The van der Waals surface area contributed by atoms with E-state index in [0.29, 0.717) is 6.42 Å². The molecule has 4 unspecified atom stereocenters. The Labute approximate surface area is 174 Å². The smallest absolute Gasteiger partial charge is 0.325 e. The number of amides is 3. The van der Waals surface area contributed by atoms with Gasteiger partial charge in [-0.2, -0.15) is 0 Å². The first-order chi connectivity index (χ1) is 13.9. The normalized spacial score (nSPS) is 14.7. The van der Waals surface area contributed by atoms with E-state index in [1.165, 1.54) is 6.92 Å². The van der Waals surface area contributed by atoms with Crippen LogP contribution in [0.3, 0.4) is 0 Å². The van der Waals surface area contributed by atoms with Gasteiger partial charge in [-0.1, -0.05) is 13.8 Å². The topological polar surface area (TPSA) is 235 Å². The van der Waals surface area contributed by atoms with Crippen molar-refractivity contribution in [1.82, 2.24) is 16.0 Å². The Bertz CT molecular complexity index is 636. The maximum atomic E-state index is 12.5. The number of carboxylic acid groups (broad SMARTS) is 1.